The first kappa shape index (κ1) is 14.8. The van der Waals surface area contributed by atoms with Crippen LogP contribution in [0.4, 0.5) is 17.3 Å². The van der Waals surface area contributed by atoms with E-state index in [2.05, 4.69) is 5.32 Å². The number of anilines is 2. The molecule has 2 heterocycles. The molecule has 1 aromatic heterocycles. The predicted molar refractivity (Wildman–Crippen MR) is 81.5 cm³/mol. The highest BCUT2D eigenvalue weighted by atomic mass is 16.6. The van der Waals surface area contributed by atoms with E-state index in [1.165, 1.54) is 6.07 Å². The molecule has 2 aromatic rings. The normalized spacial score (nSPS) is 13.1. The number of nitro groups is 1. The number of nitrogens with zero attached hydrogens (tertiary/aromatic N) is 2. The molecule has 2 amide bonds. The average molecular weight is 315 g/mol. The Kier molecular flexibility index (Phi) is 3.57. The lowest BCUT2D eigenvalue weighted by Crippen LogP contribution is -2.25. The number of carbonyl (C=O) groups excluding carboxylic acids is 2. The van der Waals surface area contributed by atoms with Crippen molar-refractivity contribution < 1.29 is 18.9 Å². The lowest BCUT2D eigenvalue weighted by atomic mass is 10.1. The van der Waals surface area contributed by atoms with E-state index >= 15 is 0 Å². The minimum Gasteiger partial charge on any atom is -0.395 e. The van der Waals surface area contributed by atoms with Crippen molar-refractivity contribution >= 4 is 29.1 Å². The van der Waals surface area contributed by atoms with Crippen molar-refractivity contribution in [2.24, 2.45) is 0 Å². The summed E-state index contributed by atoms with van der Waals surface area (Å²) in [6, 6.07) is 7.52. The molecule has 0 saturated heterocycles. The zero-order valence-electron chi connectivity index (χ0n) is 12.2. The molecule has 1 N–H and O–H groups in total. The van der Waals surface area contributed by atoms with Gasteiger partial charge in [-0.25, -0.2) is 0 Å². The van der Waals surface area contributed by atoms with E-state index in [0.29, 0.717) is 18.7 Å². The fraction of sp³-hybridized carbons (Fsp3) is 0.200. The van der Waals surface area contributed by atoms with Crippen LogP contribution in [0.25, 0.3) is 0 Å². The Morgan fingerprint density at radius 3 is 2.83 bits per heavy atom. The van der Waals surface area contributed by atoms with Gasteiger partial charge in [-0.2, -0.15) is 0 Å². The molecule has 3 rings (SSSR count). The molecule has 0 fully saturated rings. The van der Waals surface area contributed by atoms with Gasteiger partial charge in [-0.3, -0.25) is 19.7 Å². The fourth-order valence-electron chi connectivity index (χ4n) is 2.55. The molecule has 1 aliphatic heterocycles. The van der Waals surface area contributed by atoms with Crippen molar-refractivity contribution in [2.45, 2.75) is 13.3 Å². The van der Waals surface area contributed by atoms with Crippen molar-refractivity contribution in [3.63, 3.8) is 0 Å². The summed E-state index contributed by atoms with van der Waals surface area (Å²) in [5.41, 5.74) is 2.17. The summed E-state index contributed by atoms with van der Waals surface area (Å²) in [6.07, 6.45) is 0.291. The number of hydrogen-bond donors (Lipinski definition) is 1. The number of fused-ring (bicyclic) bond motifs is 1. The van der Waals surface area contributed by atoms with Crippen LogP contribution in [-0.2, 0) is 11.2 Å². The monoisotopic (exact) mass is 315 g/mol. The van der Waals surface area contributed by atoms with Crippen molar-refractivity contribution in [3.8, 4) is 0 Å². The third-order valence-corrected chi connectivity index (χ3v) is 3.58. The second-order valence-corrected chi connectivity index (χ2v) is 5.01. The lowest BCUT2D eigenvalue weighted by molar-refractivity contribution is -0.402. The minimum absolute atomic E-state index is 0.0210. The predicted octanol–water partition coefficient (Wildman–Crippen LogP) is 2.35. The molecule has 0 spiro atoms. The van der Waals surface area contributed by atoms with Crippen LogP contribution < -0.4 is 10.2 Å². The zero-order chi connectivity index (χ0) is 16.6. The first-order valence-corrected chi connectivity index (χ1v) is 6.98. The van der Waals surface area contributed by atoms with E-state index in [0.717, 1.165) is 17.3 Å². The van der Waals surface area contributed by atoms with E-state index in [1.807, 2.05) is 6.92 Å². The molecular weight excluding hydrogens is 302 g/mol. The van der Waals surface area contributed by atoms with Gasteiger partial charge in [0, 0.05) is 17.9 Å². The number of hydrogen-bond acceptors (Lipinski definition) is 5. The molecule has 0 atom stereocenters. The Hall–Kier alpha value is -3.16. The Labute approximate surface area is 130 Å². The van der Waals surface area contributed by atoms with Gasteiger partial charge < -0.3 is 14.6 Å². The van der Waals surface area contributed by atoms with Crippen molar-refractivity contribution in [1.29, 1.82) is 0 Å². The van der Waals surface area contributed by atoms with Gasteiger partial charge in [-0.15, -0.1) is 0 Å². The molecule has 0 aliphatic carbocycles. The van der Waals surface area contributed by atoms with Crippen LogP contribution in [0.15, 0.2) is 34.7 Å². The maximum Gasteiger partial charge on any atom is 0.433 e. The SMILES string of the molecule is CCN1C(=O)Cc2cc(NC(=O)c3ccc([N+](=O)[O-])o3)ccc21. The number of rotatable bonds is 4. The number of likely N-dealkylation sites (N-methyl/N-ethyl adjacent to an activating group) is 1. The number of furan rings is 1. The molecular formula is C15H13N3O5. The Balaban J connectivity index is 1.78. The number of amides is 2. The fourth-order valence-corrected chi connectivity index (χ4v) is 2.55. The highest BCUT2D eigenvalue weighted by molar-refractivity contribution is 6.04. The van der Waals surface area contributed by atoms with Gasteiger partial charge in [-0.1, -0.05) is 0 Å². The lowest BCUT2D eigenvalue weighted by Gasteiger charge is -2.14. The number of carbonyl (C=O) groups is 2. The Morgan fingerprint density at radius 2 is 2.17 bits per heavy atom. The molecule has 0 radical (unpaired) electrons. The third-order valence-electron chi connectivity index (χ3n) is 3.58. The summed E-state index contributed by atoms with van der Waals surface area (Å²) in [5, 5.41) is 13.2. The van der Waals surface area contributed by atoms with Crippen LogP contribution in [0.5, 0.6) is 0 Å². The molecule has 8 nitrogen and oxygen atoms in total. The van der Waals surface area contributed by atoms with Crippen molar-refractivity contribution in [2.75, 3.05) is 16.8 Å². The first-order valence-electron chi connectivity index (χ1n) is 6.98. The second-order valence-electron chi connectivity index (χ2n) is 5.01. The van der Waals surface area contributed by atoms with Gasteiger partial charge in [-0.05, 0) is 36.8 Å². The van der Waals surface area contributed by atoms with Gasteiger partial charge in [0.15, 0.2) is 5.76 Å². The molecule has 0 unspecified atom stereocenters. The van der Waals surface area contributed by atoms with Gasteiger partial charge in [0.25, 0.3) is 5.91 Å². The molecule has 1 aliphatic rings. The maximum absolute atomic E-state index is 12.0. The zero-order valence-corrected chi connectivity index (χ0v) is 12.2. The molecule has 0 saturated carbocycles. The van der Waals surface area contributed by atoms with E-state index in [-0.39, 0.29) is 11.7 Å². The first-order chi connectivity index (χ1) is 11.0. The average Bonchev–Trinajstić information content (AvgIpc) is 3.10. The number of benzene rings is 1. The third kappa shape index (κ3) is 2.66. The summed E-state index contributed by atoms with van der Waals surface area (Å²) in [6.45, 7) is 2.49. The van der Waals surface area contributed by atoms with Crippen LogP contribution in [-0.4, -0.2) is 23.3 Å². The van der Waals surface area contributed by atoms with Gasteiger partial charge >= 0.3 is 5.88 Å². The maximum atomic E-state index is 12.0. The summed E-state index contributed by atoms with van der Waals surface area (Å²) < 4.78 is 4.85. The molecule has 8 heteroatoms. The van der Waals surface area contributed by atoms with Crippen molar-refractivity contribution in [1.82, 2.24) is 0 Å². The largest absolute Gasteiger partial charge is 0.433 e. The highest BCUT2D eigenvalue weighted by Crippen LogP contribution is 2.31. The van der Waals surface area contributed by atoms with Crippen LogP contribution in [0.1, 0.15) is 23.0 Å². The van der Waals surface area contributed by atoms with E-state index in [4.69, 9.17) is 4.42 Å². The van der Waals surface area contributed by atoms with Crippen molar-refractivity contribution in [3.05, 3.63) is 51.8 Å². The minimum atomic E-state index is -0.711. The van der Waals surface area contributed by atoms with E-state index in [1.54, 1.807) is 23.1 Å². The van der Waals surface area contributed by atoms with Gasteiger partial charge in [0.2, 0.25) is 5.91 Å². The topological polar surface area (TPSA) is 106 Å². The van der Waals surface area contributed by atoms with E-state index < -0.39 is 16.7 Å². The summed E-state index contributed by atoms with van der Waals surface area (Å²) in [5.74, 6) is -1.21. The molecule has 118 valence electrons. The molecule has 1 aromatic carbocycles. The Morgan fingerprint density at radius 1 is 1.39 bits per heavy atom. The van der Waals surface area contributed by atoms with Crippen LogP contribution in [0, 0.1) is 10.1 Å². The standard InChI is InChI=1S/C15H13N3O5/c1-2-17-11-4-3-10(7-9(11)8-13(17)19)16-15(20)12-5-6-14(23-12)18(21)22/h3-7H,2,8H2,1H3,(H,16,20). The van der Waals surface area contributed by atoms with Gasteiger partial charge in [0.1, 0.15) is 4.92 Å². The Bertz CT molecular complexity index is 811. The summed E-state index contributed by atoms with van der Waals surface area (Å²) >= 11 is 0. The van der Waals surface area contributed by atoms with Crippen LogP contribution in [0.2, 0.25) is 0 Å². The van der Waals surface area contributed by atoms with E-state index in [9.17, 15) is 19.7 Å². The number of nitrogens with one attached hydrogen (secondary N) is 1. The van der Waals surface area contributed by atoms with Crippen LogP contribution in [0.3, 0.4) is 0 Å². The highest BCUT2D eigenvalue weighted by Gasteiger charge is 2.26. The van der Waals surface area contributed by atoms with Gasteiger partial charge in [0.05, 0.1) is 12.5 Å². The van der Waals surface area contributed by atoms with Crippen LogP contribution >= 0.6 is 0 Å². The summed E-state index contributed by atoms with van der Waals surface area (Å²) in [4.78, 5) is 35.4. The smallest absolute Gasteiger partial charge is 0.395 e. The quantitative estimate of drug-likeness (QED) is 0.688. The summed E-state index contributed by atoms with van der Waals surface area (Å²) in [7, 11) is 0. The molecule has 23 heavy (non-hydrogen) atoms. The second kappa shape index (κ2) is 5.56. The molecule has 0 bridgehead atoms.